The summed E-state index contributed by atoms with van der Waals surface area (Å²) >= 11 is 0. The highest BCUT2D eigenvalue weighted by molar-refractivity contribution is 7.86. The molecule has 0 saturated heterocycles. The summed E-state index contributed by atoms with van der Waals surface area (Å²) < 4.78 is 34.1. The van der Waals surface area contributed by atoms with Gasteiger partial charge in [0.2, 0.25) is 0 Å². The second kappa shape index (κ2) is 10.1. The molecule has 0 radical (unpaired) electrons. The van der Waals surface area contributed by atoms with E-state index >= 15 is 0 Å². The molecule has 144 valence electrons. The van der Waals surface area contributed by atoms with Gasteiger partial charge in [0, 0.05) is 5.39 Å². The molecule has 0 heterocycles. The van der Waals surface area contributed by atoms with Crippen LogP contribution in [-0.2, 0) is 16.5 Å². The van der Waals surface area contributed by atoms with Crippen molar-refractivity contribution in [3.8, 4) is 0 Å². The Morgan fingerprint density at radius 3 is 2.27 bits per heavy atom. The van der Waals surface area contributed by atoms with Gasteiger partial charge in [0.15, 0.2) is 0 Å². The van der Waals surface area contributed by atoms with E-state index in [2.05, 4.69) is 13.8 Å². The zero-order valence-electron chi connectivity index (χ0n) is 16.1. The van der Waals surface area contributed by atoms with Crippen LogP contribution in [0.25, 0.3) is 10.8 Å². The molecule has 0 fully saturated rings. The second-order valence-electron chi connectivity index (χ2n) is 7.31. The van der Waals surface area contributed by atoms with Crippen molar-refractivity contribution in [3.63, 3.8) is 0 Å². The van der Waals surface area contributed by atoms with Gasteiger partial charge in [-0.15, -0.1) is 0 Å². The van der Waals surface area contributed by atoms with E-state index < -0.39 is 10.1 Å². The molecule has 2 aromatic rings. The SMILES string of the molecule is CCCCCCC(CCCC)Cc1ccc2ccccc2c1S(=O)(=O)O. The highest BCUT2D eigenvalue weighted by atomic mass is 32.2. The summed E-state index contributed by atoms with van der Waals surface area (Å²) in [6.07, 6.45) is 10.2. The molecule has 0 amide bonds. The predicted octanol–water partition coefficient (Wildman–Crippen LogP) is 6.41. The Bertz CT molecular complexity index is 796. The molecule has 0 spiro atoms. The van der Waals surface area contributed by atoms with E-state index in [1.807, 2.05) is 30.3 Å². The number of rotatable bonds is 11. The summed E-state index contributed by atoms with van der Waals surface area (Å²) in [6, 6.07) is 11.2. The average molecular weight is 377 g/mol. The van der Waals surface area contributed by atoms with Crippen molar-refractivity contribution < 1.29 is 13.0 Å². The lowest BCUT2D eigenvalue weighted by Crippen LogP contribution is -2.10. The molecule has 2 rings (SSSR count). The first kappa shape index (κ1) is 20.9. The largest absolute Gasteiger partial charge is 0.295 e. The molecule has 0 aliphatic rings. The van der Waals surface area contributed by atoms with Gasteiger partial charge in [0.05, 0.1) is 0 Å². The Hall–Kier alpha value is -1.39. The van der Waals surface area contributed by atoms with E-state index in [0.29, 0.717) is 17.7 Å². The maximum absolute atomic E-state index is 12.1. The number of hydrogen-bond acceptors (Lipinski definition) is 2. The van der Waals surface area contributed by atoms with Gasteiger partial charge in [-0.1, -0.05) is 102 Å². The van der Waals surface area contributed by atoms with E-state index in [1.54, 1.807) is 6.07 Å². The van der Waals surface area contributed by atoms with Gasteiger partial charge in [-0.2, -0.15) is 8.42 Å². The summed E-state index contributed by atoms with van der Waals surface area (Å²) in [5, 5.41) is 1.46. The van der Waals surface area contributed by atoms with Crippen molar-refractivity contribution in [1.82, 2.24) is 0 Å². The molecular formula is C22H32O3S. The fraction of sp³-hybridized carbons (Fsp3) is 0.545. The molecule has 2 aromatic carbocycles. The molecule has 26 heavy (non-hydrogen) atoms. The number of unbranched alkanes of at least 4 members (excludes halogenated alkanes) is 4. The summed E-state index contributed by atoms with van der Waals surface area (Å²) in [4.78, 5) is 0.102. The third kappa shape index (κ3) is 5.82. The molecule has 0 bridgehead atoms. The second-order valence-corrected chi connectivity index (χ2v) is 8.67. The summed E-state index contributed by atoms with van der Waals surface area (Å²) in [7, 11) is -4.26. The first-order valence-corrected chi connectivity index (χ1v) is 11.4. The maximum atomic E-state index is 12.1. The van der Waals surface area contributed by atoms with Crippen LogP contribution in [0.15, 0.2) is 41.3 Å². The van der Waals surface area contributed by atoms with Gasteiger partial charge in [-0.3, -0.25) is 4.55 Å². The standard InChI is InChI=1S/C22H32O3S/c1-3-5-7-8-12-18(11-6-4-2)17-20-16-15-19-13-9-10-14-21(19)22(20)26(23,24)25/h9-10,13-16,18H,3-8,11-12,17H2,1-2H3,(H,23,24,25). The highest BCUT2D eigenvalue weighted by Gasteiger charge is 2.21. The van der Waals surface area contributed by atoms with Crippen LogP contribution in [0, 0.1) is 5.92 Å². The minimum Gasteiger partial charge on any atom is -0.282 e. The molecule has 0 saturated carbocycles. The average Bonchev–Trinajstić information content (AvgIpc) is 2.61. The van der Waals surface area contributed by atoms with Crippen LogP contribution in [0.5, 0.6) is 0 Å². The third-order valence-corrected chi connectivity index (χ3v) is 6.16. The zero-order valence-corrected chi connectivity index (χ0v) is 16.9. The van der Waals surface area contributed by atoms with E-state index in [9.17, 15) is 13.0 Å². The smallest absolute Gasteiger partial charge is 0.282 e. The van der Waals surface area contributed by atoms with E-state index in [4.69, 9.17) is 0 Å². The first-order chi connectivity index (χ1) is 12.5. The molecule has 1 atom stereocenters. The quantitative estimate of drug-likeness (QED) is 0.364. The van der Waals surface area contributed by atoms with Gasteiger partial charge >= 0.3 is 0 Å². The number of benzene rings is 2. The minimum atomic E-state index is -4.26. The molecule has 3 nitrogen and oxygen atoms in total. The molecule has 0 aliphatic heterocycles. The maximum Gasteiger partial charge on any atom is 0.295 e. The van der Waals surface area contributed by atoms with Crippen molar-refractivity contribution >= 4 is 20.9 Å². The topological polar surface area (TPSA) is 54.4 Å². The van der Waals surface area contributed by atoms with E-state index in [1.165, 1.54) is 25.7 Å². The van der Waals surface area contributed by atoms with Crippen LogP contribution in [0.1, 0.15) is 70.8 Å². The summed E-state index contributed by atoms with van der Waals surface area (Å²) in [5.74, 6) is 0.466. The van der Waals surface area contributed by atoms with Crippen LogP contribution in [0.3, 0.4) is 0 Å². The minimum absolute atomic E-state index is 0.102. The predicted molar refractivity (Wildman–Crippen MR) is 109 cm³/mol. The van der Waals surface area contributed by atoms with Crippen LogP contribution >= 0.6 is 0 Å². The normalized spacial score (nSPS) is 13.2. The fourth-order valence-corrected chi connectivity index (χ4v) is 4.71. The van der Waals surface area contributed by atoms with Crippen LogP contribution < -0.4 is 0 Å². The van der Waals surface area contributed by atoms with Crippen molar-refractivity contribution in [1.29, 1.82) is 0 Å². The van der Waals surface area contributed by atoms with Crippen LogP contribution in [0.2, 0.25) is 0 Å². The van der Waals surface area contributed by atoms with Gasteiger partial charge in [0.25, 0.3) is 10.1 Å². The zero-order chi connectivity index (χ0) is 19.0. The Kier molecular flexibility index (Phi) is 8.11. The Labute approximate surface area is 158 Å². The van der Waals surface area contributed by atoms with E-state index in [-0.39, 0.29) is 4.90 Å². The van der Waals surface area contributed by atoms with Crippen molar-refractivity contribution in [3.05, 3.63) is 42.0 Å². The highest BCUT2D eigenvalue weighted by Crippen LogP contribution is 2.31. The molecule has 1 unspecified atom stereocenters. The summed E-state index contributed by atoms with van der Waals surface area (Å²) in [6.45, 7) is 4.40. The Morgan fingerprint density at radius 1 is 0.885 bits per heavy atom. The molecule has 0 aromatic heterocycles. The van der Waals surface area contributed by atoms with Crippen molar-refractivity contribution in [2.75, 3.05) is 0 Å². The van der Waals surface area contributed by atoms with E-state index in [0.717, 1.165) is 36.6 Å². The monoisotopic (exact) mass is 376 g/mol. The van der Waals surface area contributed by atoms with Crippen LogP contribution in [0.4, 0.5) is 0 Å². The lowest BCUT2D eigenvalue weighted by atomic mass is 9.88. The van der Waals surface area contributed by atoms with Crippen molar-refractivity contribution in [2.45, 2.75) is 76.5 Å². The molecule has 1 N–H and O–H groups in total. The van der Waals surface area contributed by atoms with Gasteiger partial charge < -0.3 is 0 Å². The molecule has 4 heteroatoms. The molecular weight excluding hydrogens is 344 g/mol. The summed E-state index contributed by atoms with van der Waals surface area (Å²) in [5.41, 5.74) is 0.753. The van der Waals surface area contributed by atoms with Gasteiger partial charge in [-0.25, -0.2) is 0 Å². The number of hydrogen-bond donors (Lipinski definition) is 1. The third-order valence-electron chi connectivity index (χ3n) is 5.16. The lowest BCUT2D eigenvalue weighted by Gasteiger charge is -2.19. The first-order valence-electron chi connectivity index (χ1n) is 9.95. The molecule has 0 aliphatic carbocycles. The van der Waals surface area contributed by atoms with Gasteiger partial charge in [-0.05, 0) is 23.3 Å². The Morgan fingerprint density at radius 2 is 1.58 bits per heavy atom. The Balaban J connectivity index is 2.30. The van der Waals surface area contributed by atoms with Crippen LogP contribution in [-0.4, -0.2) is 13.0 Å². The van der Waals surface area contributed by atoms with Crippen molar-refractivity contribution in [2.24, 2.45) is 5.92 Å². The fourth-order valence-electron chi connectivity index (χ4n) is 3.77. The lowest BCUT2D eigenvalue weighted by molar-refractivity contribution is 0.407. The van der Waals surface area contributed by atoms with Gasteiger partial charge in [0.1, 0.15) is 4.90 Å². The number of fused-ring (bicyclic) bond motifs is 1.